The molecule has 112 valence electrons. The molecular formula is C20H14O2S. The lowest BCUT2D eigenvalue weighted by molar-refractivity contribution is 0.103. The number of hydrogen-bond acceptors (Lipinski definition) is 2. The molecule has 0 aromatic heterocycles. The van der Waals surface area contributed by atoms with Crippen LogP contribution in [0.25, 0.3) is 11.1 Å². The van der Waals surface area contributed by atoms with Crippen LogP contribution in [-0.4, -0.2) is 9.99 Å². The Balaban J connectivity index is 1.83. The fraction of sp³-hybridized carbons (Fsp3) is 0.0500. The van der Waals surface area contributed by atoms with Crippen molar-refractivity contribution in [1.82, 2.24) is 0 Å². The molecule has 1 aliphatic heterocycles. The summed E-state index contributed by atoms with van der Waals surface area (Å²) in [5.74, 6) is -0.00772. The van der Waals surface area contributed by atoms with Gasteiger partial charge in [-0.25, -0.2) is 4.21 Å². The number of rotatable bonds is 2. The number of fused-ring (bicyclic) bond motifs is 3. The van der Waals surface area contributed by atoms with Gasteiger partial charge in [0.1, 0.15) is 0 Å². The molecular weight excluding hydrogens is 304 g/mol. The second-order valence-corrected chi connectivity index (χ2v) is 7.09. The molecule has 0 saturated carbocycles. The minimum Gasteiger partial charge on any atom is -0.289 e. The van der Waals surface area contributed by atoms with Gasteiger partial charge in [0, 0.05) is 16.7 Å². The summed E-state index contributed by atoms with van der Waals surface area (Å²) in [6.45, 7) is 1.97. The average Bonchev–Trinajstić information content (AvgIpc) is 2.87. The topological polar surface area (TPSA) is 34.1 Å². The van der Waals surface area contributed by atoms with Gasteiger partial charge in [-0.1, -0.05) is 42.0 Å². The predicted octanol–water partition coefficient (Wildman–Crippen LogP) is 4.37. The van der Waals surface area contributed by atoms with E-state index in [4.69, 9.17) is 0 Å². The quantitative estimate of drug-likeness (QED) is 0.514. The van der Waals surface area contributed by atoms with E-state index in [1.807, 2.05) is 67.6 Å². The van der Waals surface area contributed by atoms with Gasteiger partial charge in [0.05, 0.1) is 20.6 Å². The summed E-state index contributed by atoms with van der Waals surface area (Å²) in [5, 5.41) is 0. The van der Waals surface area contributed by atoms with E-state index in [-0.39, 0.29) is 5.78 Å². The van der Waals surface area contributed by atoms with Crippen LogP contribution in [0.2, 0.25) is 0 Å². The van der Waals surface area contributed by atoms with Crippen molar-refractivity contribution in [2.24, 2.45) is 0 Å². The molecule has 1 unspecified atom stereocenters. The third-order valence-electron chi connectivity index (χ3n) is 4.10. The molecule has 2 nitrogen and oxygen atoms in total. The van der Waals surface area contributed by atoms with E-state index >= 15 is 0 Å². The molecule has 0 aliphatic carbocycles. The maximum absolute atomic E-state index is 12.7. The van der Waals surface area contributed by atoms with Crippen molar-refractivity contribution < 1.29 is 9.00 Å². The summed E-state index contributed by atoms with van der Waals surface area (Å²) in [6, 6.07) is 20.7. The van der Waals surface area contributed by atoms with Crippen molar-refractivity contribution in [2.75, 3.05) is 0 Å². The average molecular weight is 318 g/mol. The van der Waals surface area contributed by atoms with Gasteiger partial charge < -0.3 is 0 Å². The number of carbonyl (C=O) groups is 1. The molecule has 0 bridgehead atoms. The predicted molar refractivity (Wildman–Crippen MR) is 91.2 cm³/mol. The van der Waals surface area contributed by atoms with Crippen molar-refractivity contribution in [3.05, 3.63) is 83.4 Å². The monoisotopic (exact) mass is 318 g/mol. The van der Waals surface area contributed by atoms with Crippen molar-refractivity contribution in [3.63, 3.8) is 0 Å². The minimum absolute atomic E-state index is 0.00772. The smallest absolute Gasteiger partial charge is 0.193 e. The van der Waals surface area contributed by atoms with Gasteiger partial charge in [0.2, 0.25) is 0 Å². The standard InChI is InChI=1S/C20H14O2S/c1-13-5-4-6-14(11-13)20(21)15-9-10-19-17(12-15)16-7-2-3-8-18(16)23(19)22/h2-12H,1H3. The SMILES string of the molecule is Cc1cccc(C(=O)c2ccc3c(c2)-c2ccccc2S3=O)c1. The number of aryl methyl sites for hydroxylation is 1. The Morgan fingerprint density at radius 3 is 2.35 bits per heavy atom. The summed E-state index contributed by atoms with van der Waals surface area (Å²) in [5.41, 5.74) is 4.22. The second-order valence-electron chi connectivity index (χ2n) is 5.67. The van der Waals surface area contributed by atoms with Gasteiger partial charge in [0.25, 0.3) is 0 Å². The third-order valence-corrected chi connectivity index (χ3v) is 5.61. The van der Waals surface area contributed by atoms with E-state index in [2.05, 4.69) is 0 Å². The van der Waals surface area contributed by atoms with Crippen LogP contribution in [0.1, 0.15) is 21.5 Å². The van der Waals surface area contributed by atoms with Gasteiger partial charge in [-0.3, -0.25) is 4.79 Å². The molecule has 3 aromatic carbocycles. The van der Waals surface area contributed by atoms with E-state index in [1.54, 1.807) is 6.07 Å². The lowest BCUT2D eigenvalue weighted by atomic mass is 9.97. The summed E-state index contributed by atoms with van der Waals surface area (Å²) in [6.07, 6.45) is 0. The highest BCUT2D eigenvalue weighted by Crippen LogP contribution is 2.40. The molecule has 1 aliphatic rings. The van der Waals surface area contributed by atoms with Crippen LogP contribution >= 0.6 is 0 Å². The molecule has 4 rings (SSSR count). The Hall–Kier alpha value is -2.52. The minimum atomic E-state index is -1.15. The van der Waals surface area contributed by atoms with Gasteiger partial charge in [-0.15, -0.1) is 0 Å². The first-order valence-electron chi connectivity index (χ1n) is 7.42. The summed E-state index contributed by atoms with van der Waals surface area (Å²) >= 11 is 0. The van der Waals surface area contributed by atoms with Gasteiger partial charge in [-0.05, 0) is 42.8 Å². The molecule has 0 amide bonds. The Morgan fingerprint density at radius 2 is 1.52 bits per heavy atom. The Bertz CT molecular complexity index is 973. The van der Waals surface area contributed by atoms with Gasteiger partial charge >= 0.3 is 0 Å². The maximum atomic E-state index is 12.7. The summed E-state index contributed by atoms with van der Waals surface area (Å²) < 4.78 is 12.5. The second kappa shape index (κ2) is 5.28. The normalized spacial score (nSPS) is 15.1. The molecule has 0 spiro atoms. The molecule has 1 heterocycles. The zero-order valence-corrected chi connectivity index (χ0v) is 13.4. The Morgan fingerprint density at radius 1 is 0.783 bits per heavy atom. The first kappa shape index (κ1) is 14.1. The first-order valence-corrected chi connectivity index (χ1v) is 8.57. The number of ketones is 1. The number of hydrogen-bond donors (Lipinski definition) is 0. The summed E-state index contributed by atoms with van der Waals surface area (Å²) in [4.78, 5) is 14.3. The van der Waals surface area contributed by atoms with E-state index in [1.165, 1.54) is 0 Å². The fourth-order valence-corrected chi connectivity index (χ4v) is 4.34. The maximum Gasteiger partial charge on any atom is 0.193 e. The largest absolute Gasteiger partial charge is 0.289 e. The van der Waals surface area contributed by atoms with Crippen molar-refractivity contribution >= 4 is 16.6 Å². The van der Waals surface area contributed by atoms with Crippen molar-refractivity contribution in [1.29, 1.82) is 0 Å². The zero-order valence-electron chi connectivity index (χ0n) is 12.6. The van der Waals surface area contributed by atoms with Crippen LogP contribution in [0.5, 0.6) is 0 Å². The lowest BCUT2D eigenvalue weighted by Crippen LogP contribution is -2.02. The van der Waals surface area contributed by atoms with Crippen LogP contribution in [0.4, 0.5) is 0 Å². The van der Waals surface area contributed by atoms with E-state index in [0.29, 0.717) is 11.1 Å². The highest BCUT2D eigenvalue weighted by molar-refractivity contribution is 7.85. The van der Waals surface area contributed by atoms with E-state index in [0.717, 1.165) is 26.5 Å². The van der Waals surface area contributed by atoms with Crippen LogP contribution in [0.3, 0.4) is 0 Å². The third kappa shape index (κ3) is 2.25. The fourth-order valence-electron chi connectivity index (χ4n) is 2.97. The van der Waals surface area contributed by atoms with Crippen molar-refractivity contribution in [3.8, 4) is 11.1 Å². The Kier molecular flexibility index (Phi) is 3.24. The highest BCUT2D eigenvalue weighted by Gasteiger charge is 2.26. The molecule has 0 saturated heterocycles. The highest BCUT2D eigenvalue weighted by atomic mass is 32.2. The molecule has 1 atom stereocenters. The molecule has 0 fully saturated rings. The van der Waals surface area contributed by atoms with Gasteiger partial charge in [-0.2, -0.15) is 0 Å². The lowest BCUT2D eigenvalue weighted by Gasteiger charge is -2.05. The van der Waals surface area contributed by atoms with Crippen molar-refractivity contribution in [2.45, 2.75) is 16.7 Å². The molecule has 3 aromatic rings. The zero-order chi connectivity index (χ0) is 16.0. The van der Waals surface area contributed by atoms with E-state index in [9.17, 15) is 9.00 Å². The summed E-state index contributed by atoms with van der Waals surface area (Å²) in [7, 11) is -1.15. The van der Waals surface area contributed by atoms with Crippen LogP contribution in [0.15, 0.2) is 76.5 Å². The van der Waals surface area contributed by atoms with Crippen LogP contribution < -0.4 is 0 Å². The molecule has 0 N–H and O–H groups in total. The molecule has 23 heavy (non-hydrogen) atoms. The molecule has 0 radical (unpaired) electrons. The van der Waals surface area contributed by atoms with E-state index < -0.39 is 10.8 Å². The number of carbonyl (C=O) groups excluding carboxylic acids is 1. The van der Waals surface area contributed by atoms with Crippen LogP contribution in [0, 0.1) is 6.92 Å². The number of benzene rings is 3. The Labute approximate surface area is 137 Å². The molecule has 3 heteroatoms. The van der Waals surface area contributed by atoms with Gasteiger partial charge in [0.15, 0.2) is 5.78 Å². The van der Waals surface area contributed by atoms with Crippen LogP contribution in [-0.2, 0) is 10.8 Å². The first-order chi connectivity index (χ1) is 11.1.